The Balaban J connectivity index is 1.28. The van der Waals surface area contributed by atoms with E-state index in [-0.39, 0.29) is 23.9 Å². The Bertz CT molecular complexity index is 909. The van der Waals surface area contributed by atoms with Crippen LogP contribution in [-0.2, 0) is 16.1 Å². The van der Waals surface area contributed by atoms with E-state index in [4.69, 9.17) is 10.5 Å². The van der Waals surface area contributed by atoms with Crippen molar-refractivity contribution in [3.05, 3.63) is 35.7 Å². The van der Waals surface area contributed by atoms with Crippen molar-refractivity contribution in [2.75, 3.05) is 11.1 Å². The van der Waals surface area contributed by atoms with Gasteiger partial charge in [0, 0.05) is 5.69 Å². The molecule has 4 bridgehead atoms. The topological polar surface area (TPSA) is 103 Å². The molecule has 7 nitrogen and oxygen atoms in total. The van der Waals surface area contributed by atoms with Crippen LogP contribution in [0.15, 0.2) is 24.3 Å². The van der Waals surface area contributed by atoms with Gasteiger partial charge in [-0.05, 0) is 74.8 Å². The number of anilines is 3. The maximum Gasteiger partial charge on any atom is 0.312 e. The van der Waals surface area contributed by atoms with Gasteiger partial charge in [-0.25, -0.2) is 0 Å². The normalized spacial score (nSPS) is 29.6. The number of aryl methyl sites for hydroxylation is 1. The van der Waals surface area contributed by atoms with E-state index >= 15 is 0 Å². The summed E-state index contributed by atoms with van der Waals surface area (Å²) in [6.07, 6.45) is 6.84. The highest BCUT2D eigenvalue weighted by Gasteiger charge is 2.55. The maximum absolute atomic E-state index is 13.0. The zero-order chi connectivity index (χ0) is 20.0. The van der Waals surface area contributed by atoms with E-state index in [1.807, 2.05) is 31.2 Å². The third-order valence-corrected chi connectivity index (χ3v) is 6.89. The van der Waals surface area contributed by atoms with Gasteiger partial charge < -0.3 is 15.8 Å². The van der Waals surface area contributed by atoms with E-state index in [0.717, 1.165) is 30.5 Å². The van der Waals surface area contributed by atoms with Crippen LogP contribution >= 0.6 is 0 Å². The fourth-order valence-electron chi connectivity index (χ4n) is 6.04. The first-order valence-corrected chi connectivity index (χ1v) is 10.5. The van der Waals surface area contributed by atoms with Crippen LogP contribution < -0.4 is 11.1 Å². The number of hydrogen-bond donors (Lipinski definition) is 2. The van der Waals surface area contributed by atoms with Crippen molar-refractivity contribution in [3.63, 3.8) is 0 Å². The number of nitrogen functional groups attached to an aromatic ring is 1. The maximum atomic E-state index is 13.0. The second kappa shape index (κ2) is 6.97. The highest BCUT2D eigenvalue weighted by atomic mass is 16.5. The van der Waals surface area contributed by atoms with Gasteiger partial charge in [0.2, 0.25) is 11.9 Å². The molecule has 0 radical (unpaired) electrons. The molecule has 2 aromatic rings. The van der Waals surface area contributed by atoms with Gasteiger partial charge in [0.25, 0.3) is 0 Å². The smallest absolute Gasteiger partial charge is 0.312 e. The number of aromatic nitrogens is 3. The number of carbonyl (C=O) groups excluding carboxylic acids is 1. The first-order valence-electron chi connectivity index (χ1n) is 10.5. The Morgan fingerprint density at radius 3 is 2.41 bits per heavy atom. The lowest BCUT2D eigenvalue weighted by Gasteiger charge is -2.55. The van der Waals surface area contributed by atoms with E-state index in [1.54, 1.807) is 0 Å². The fraction of sp³-hybridized carbons (Fsp3) is 0.545. The minimum absolute atomic E-state index is 0.0236. The highest BCUT2D eigenvalue weighted by molar-refractivity contribution is 5.77. The van der Waals surface area contributed by atoms with Crippen LogP contribution in [0.25, 0.3) is 0 Å². The largest absolute Gasteiger partial charge is 0.457 e. The average molecular weight is 393 g/mol. The predicted molar refractivity (Wildman–Crippen MR) is 109 cm³/mol. The van der Waals surface area contributed by atoms with Crippen LogP contribution in [0.2, 0.25) is 0 Å². The van der Waals surface area contributed by atoms with Gasteiger partial charge in [-0.15, -0.1) is 0 Å². The number of nitrogens with zero attached hydrogens (tertiary/aromatic N) is 3. The summed E-state index contributed by atoms with van der Waals surface area (Å²) in [5.74, 6) is 2.85. The van der Waals surface area contributed by atoms with Gasteiger partial charge in [0.15, 0.2) is 12.4 Å². The zero-order valence-corrected chi connectivity index (χ0v) is 16.7. The number of carbonyl (C=O) groups is 1. The molecule has 1 aromatic carbocycles. The molecule has 7 heteroatoms. The summed E-state index contributed by atoms with van der Waals surface area (Å²) in [6.45, 7) is 2.02. The van der Waals surface area contributed by atoms with Gasteiger partial charge in [0.1, 0.15) is 0 Å². The van der Waals surface area contributed by atoms with Crippen molar-refractivity contribution in [1.82, 2.24) is 15.0 Å². The second-order valence-corrected chi connectivity index (χ2v) is 9.15. The molecule has 1 aromatic heterocycles. The van der Waals surface area contributed by atoms with Crippen molar-refractivity contribution < 1.29 is 9.53 Å². The van der Waals surface area contributed by atoms with Crippen molar-refractivity contribution >= 4 is 23.6 Å². The third-order valence-electron chi connectivity index (χ3n) is 6.89. The minimum atomic E-state index is -0.282. The number of rotatable bonds is 5. The molecule has 0 atom stereocenters. The third kappa shape index (κ3) is 3.54. The van der Waals surface area contributed by atoms with Crippen LogP contribution in [0.4, 0.5) is 17.6 Å². The van der Waals surface area contributed by atoms with Crippen LogP contribution in [0, 0.1) is 30.1 Å². The molecule has 1 heterocycles. The SMILES string of the molecule is Cc1ccccc1Nc1nc(N)nc(COC(=O)C23CC4CC(CC(C4)C2)C3)n1. The van der Waals surface area contributed by atoms with Crippen molar-refractivity contribution in [3.8, 4) is 0 Å². The van der Waals surface area contributed by atoms with E-state index < -0.39 is 0 Å². The summed E-state index contributed by atoms with van der Waals surface area (Å²) >= 11 is 0. The summed E-state index contributed by atoms with van der Waals surface area (Å²) in [6, 6.07) is 7.86. The number of nitrogens with two attached hydrogens (primary N) is 1. The van der Waals surface area contributed by atoms with E-state index in [2.05, 4.69) is 20.3 Å². The number of benzene rings is 1. The zero-order valence-electron chi connectivity index (χ0n) is 16.7. The number of esters is 1. The van der Waals surface area contributed by atoms with Gasteiger partial charge >= 0.3 is 5.97 Å². The molecule has 0 aliphatic heterocycles. The molecule has 0 unspecified atom stereocenters. The van der Waals surface area contributed by atoms with E-state index in [1.165, 1.54) is 19.3 Å². The lowest BCUT2D eigenvalue weighted by Crippen LogP contribution is -2.50. The van der Waals surface area contributed by atoms with Gasteiger partial charge in [0.05, 0.1) is 5.41 Å². The lowest BCUT2D eigenvalue weighted by atomic mass is 9.49. The minimum Gasteiger partial charge on any atom is -0.457 e. The summed E-state index contributed by atoms with van der Waals surface area (Å²) in [5.41, 5.74) is 7.55. The van der Waals surface area contributed by atoms with Crippen molar-refractivity contribution in [2.24, 2.45) is 23.2 Å². The van der Waals surface area contributed by atoms with Gasteiger partial charge in [-0.3, -0.25) is 4.79 Å². The van der Waals surface area contributed by atoms with Crippen LogP contribution in [0.5, 0.6) is 0 Å². The number of ether oxygens (including phenoxy) is 1. The molecule has 3 N–H and O–H groups in total. The molecular weight excluding hydrogens is 366 g/mol. The molecule has 0 amide bonds. The molecule has 4 aliphatic carbocycles. The second-order valence-electron chi connectivity index (χ2n) is 9.15. The molecule has 0 spiro atoms. The predicted octanol–water partition coefficient (Wildman–Crippen LogP) is 3.77. The Hall–Kier alpha value is -2.70. The number of para-hydroxylation sites is 1. The summed E-state index contributed by atoms with van der Waals surface area (Å²) in [7, 11) is 0. The lowest BCUT2D eigenvalue weighted by molar-refractivity contribution is -0.173. The highest BCUT2D eigenvalue weighted by Crippen LogP contribution is 2.60. The summed E-state index contributed by atoms with van der Waals surface area (Å²) in [4.78, 5) is 25.7. The molecule has 152 valence electrons. The van der Waals surface area contributed by atoms with Crippen molar-refractivity contribution in [2.45, 2.75) is 52.1 Å². The molecule has 6 rings (SSSR count). The molecule has 4 fully saturated rings. The molecule has 4 aliphatic rings. The van der Waals surface area contributed by atoms with Gasteiger partial charge in [-0.1, -0.05) is 18.2 Å². The molecule has 4 saturated carbocycles. The van der Waals surface area contributed by atoms with Gasteiger partial charge in [-0.2, -0.15) is 15.0 Å². The van der Waals surface area contributed by atoms with Crippen LogP contribution in [0.1, 0.15) is 49.9 Å². The van der Waals surface area contributed by atoms with Crippen LogP contribution in [0.3, 0.4) is 0 Å². The molecule has 29 heavy (non-hydrogen) atoms. The fourth-order valence-corrected chi connectivity index (χ4v) is 6.04. The quantitative estimate of drug-likeness (QED) is 0.745. The van der Waals surface area contributed by atoms with E-state index in [0.29, 0.717) is 29.5 Å². The number of nitrogens with one attached hydrogen (secondary N) is 1. The Kier molecular flexibility index (Phi) is 4.41. The van der Waals surface area contributed by atoms with Crippen molar-refractivity contribution in [1.29, 1.82) is 0 Å². The Labute approximate surface area is 170 Å². The first-order chi connectivity index (χ1) is 14.0. The molecule has 0 saturated heterocycles. The van der Waals surface area contributed by atoms with E-state index in [9.17, 15) is 4.79 Å². The summed E-state index contributed by atoms with van der Waals surface area (Å²) < 4.78 is 5.72. The number of hydrogen-bond acceptors (Lipinski definition) is 7. The average Bonchev–Trinajstić information content (AvgIpc) is 2.66. The summed E-state index contributed by atoms with van der Waals surface area (Å²) in [5, 5.41) is 3.17. The Morgan fingerprint density at radius 2 is 1.76 bits per heavy atom. The Morgan fingerprint density at radius 1 is 1.10 bits per heavy atom. The molecular formula is C22H27N5O2. The monoisotopic (exact) mass is 393 g/mol. The van der Waals surface area contributed by atoms with Crippen LogP contribution in [-0.4, -0.2) is 20.9 Å². The standard InChI is InChI=1S/C22H27N5O2/c1-13-4-2-3-5-17(13)24-21-26-18(25-20(23)27-21)12-29-19(28)22-9-14-6-15(10-22)8-16(7-14)11-22/h2-5,14-16H,6-12H2,1H3,(H3,23,24,25,26,27). The first kappa shape index (κ1) is 18.3.